The molecule has 0 aliphatic heterocycles. The molecule has 2 aromatic carbocycles. The second kappa shape index (κ2) is 8.12. The van der Waals surface area contributed by atoms with Crippen molar-refractivity contribution in [1.82, 2.24) is 4.98 Å². The Bertz CT molecular complexity index is 911. The van der Waals surface area contributed by atoms with Crippen LogP contribution in [0.2, 0.25) is 0 Å². The van der Waals surface area contributed by atoms with Gasteiger partial charge >= 0.3 is 0 Å². The molecule has 4 rings (SSSR count). The van der Waals surface area contributed by atoms with Crippen molar-refractivity contribution in [3.63, 3.8) is 0 Å². The number of fused-ring (bicyclic) bond motifs is 1. The Morgan fingerprint density at radius 1 is 0.963 bits per heavy atom. The first-order valence-corrected chi connectivity index (χ1v) is 10.1. The van der Waals surface area contributed by atoms with Gasteiger partial charge in [0.05, 0.1) is 5.69 Å². The van der Waals surface area contributed by atoms with Gasteiger partial charge in [0.2, 0.25) is 0 Å². The van der Waals surface area contributed by atoms with Crippen molar-refractivity contribution in [2.45, 2.75) is 52.1 Å². The first kappa shape index (κ1) is 18.0. The van der Waals surface area contributed by atoms with Gasteiger partial charge in [-0.3, -0.25) is 4.98 Å². The third-order valence-corrected chi connectivity index (χ3v) is 5.76. The van der Waals surface area contributed by atoms with E-state index in [2.05, 4.69) is 49.2 Å². The van der Waals surface area contributed by atoms with Gasteiger partial charge < -0.3 is 4.74 Å². The lowest BCUT2D eigenvalue weighted by molar-refractivity contribution is 0.307. The van der Waals surface area contributed by atoms with Crippen molar-refractivity contribution in [3.8, 4) is 5.75 Å². The number of nitrogens with zero attached hydrogens (tertiary/aromatic N) is 1. The van der Waals surface area contributed by atoms with E-state index in [1.165, 1.54) is 49.5 Å². The highest BCUT2D eigenvalue weighted by atomic mass is 16.5. The average Bonchev–Trinajstić information content (AvgIpc) is 2.70. The van der Waals surface area contributed by atoms with Crippen molar-refractivity contribution < 1.29 is 4.74 Å². The van der Waals surface area contributed by atoms with Crippen LogP contribution >= 0.6 is 0 Å². The summed E-state index contributed by atoms with van der Waals surface area (Å²) in [6, 6.07) is 17.0. The van der Waals surface area contributed by atoms with Gasteiger partial charge in [0, 0.05) is 16.5 Å². The van der Waals surface area contributed by atoms with Crippen LogP contribution in [0.5, 0.6) is 5.75 Å². The summed E-state index contributed by atoms with van der Waals surface area (Å²) in [5.41, 5.74) is 4.33. The van der Waals surface area contributed by atoms with Crippen molar-refractivity contribution in [2.24, 2.45) is 5.92 Å². The molecule has 1 aliphatic rings. The number of pyridine rings is 1. The minimum absolute atomic E-state index is 0.535. The molecule has 1 heterocycles. The summed E-state index contributed by atoms with van der Waals surface area (Å²) < 4.78 is 6.16. The molecule has 1 radical (unpaired) electrons. The third-order valence-electron chi connectivity index (χ3n) is 5.76. The standard InChI is InChI=1S/C25H28NO/c1-18-24-16-22(15-20-9-5-3-6-10-20)13-14-23(24)25(19(2)26-18)27-17-21-11-7-4-8-12-21/h4,7-8,11-14,16,20H,2-3,5-6,9-10,15,17H2,1H3. The molecular formula is C25H28NO. The third kappa shape index (κ3) is 4.16. The summed E-state index contributed by atoms with van der Waals surface area (Å²) in [6.45, 7) is 6.73. The Hall–Kier alpha value is -2.35. The molecule has 0 unspecified atom stereocenters. The quantitative estimate of drug-likeness (QED) is 0.524. The van der Waals surface area contributed by atoms with E-state index in [1.54, 1.807) is 0 Å². The number of ether oxygens (including phenoxy) is 1. The molecule has 0 N–H and O–H groups in total. The summed E-state index contributed by atoms with van der Waals surface area (Å²) in [4.78, 5) is 4.67. The van der Waals surface area contributed by atoms with Gasteiger partial charge in [-0.05, 0) is 43.4 Å². The minimum Gasteiger partial charge on any atom is -0.486 e. The Labute approximate surface area is 162 Å². The molecule has 0 bridgehead atoms. The summed E-state index contributed by atoms with van der Waals surface area (Å²) >= 11 is 0. The maximum absolute atomic E-state index is 6.16. The lowest BCUT2D eigenvalue weighted by Crippen LogP contribution is -2.09. The van der Waals surface area contributed by atoms with Crippen molar-refractivity contribution in [1.29, 1.82) is 0 Å². The predicted molar refractivity (Wildman–Crippen MR) is 112 cm³/mol. The van der Waals surface area contributed by atoms with E-state index in [0.29, 0.717) is 6.61 Å². The molecule has 0 saturated heterocycles. The van der Waals surface area contributed by atoms with E-state index in [-0.39, 0.29) is 0 Å². The van der Waals surface area contributed by atoms with Gasteiger partial charge in [0.15, 0.2) is 0 Å². The molecule has 1 saturated carbocycles. The molecule has 2 nitrogen and oxygen atoms in total. The summed E-state index contributed by atoms with van der Waals surface area (Å²) in [6.07, 6.45) is 8.12. The fraction of sp³-hybridized carbons (Fsp3) is 0.360. The monoisotopic (exact) mass is 358 g/mol. The molecule has 3 aromatic rings. The number of aryl methyl sites for hydroxylation is 1. The van der Waals surface area contributed by atoms with Crippen molar-refractivity contribution >= 4 is 10.8 Å². The smallest absolute Gasteiger partial charge is 0.149 e. The van der Waals surface area contributed by atoms with Crippen molar-refractivity contribution in [3.05, 3.63) is 78.0 Å². The SMILES string of the molecule is [CH2]c1nc(C)c2cc(CC3CCCCC3)ccc2c1OCc1ccccc1. The molecule has 0 spiro atoms. The second-order valence-electron chi connectivity index (χ2n) is 7.84. The maximum Gasteiger partial charge on any atom is 0.149 e. The van der Waals surface area contributed by atoms with E-state index in [9.17, 15) is 0 Å². The van der Waals surface area contributed by atoms with Gasteiger partial charge in [-0.2, -0.15) is 0 Å². The lowest BCUT2D eigenvalue weighted by Gasteiger charge is -2.22. The van der Waals surface area contributed by atoms with Gasteiger partial charge in [-0.15, -0.1) is 0 Å². The molecule has 139 valence electrons. The van der Waals surface area contributed by atoms with Crippen LogP contribution in [-0.4, -0.2) is 4.98 Å². The summed E-state index contributed by atoms with van der Waals surface area (Å²) in [5, 5.41) is 2.31. The Kier molecular flexibility index (Phi) is 5.42. The zero-order valence-electron chi connectivity index (χ0n) is 16.2. The molecule has 1 aliphatic carbocycles. The molecule has 1 fully saturated rings. The van der Waals surface area contributed by atoms with E-state index in [1.807, 2.05) is 18.2 Å². The fourth-order valence-electron chi connectivity index (χ4n) is 4.30. The van der Waals surface area contributed by atoms with Crippen LogP contribution in [-0.2, 0) is 13.0 Å². The summed E-state index contributed by atoms with van der Waals surface area (Å²) in [5.74, 6) is 1.65. The molecule has 27 heavy (non-hydrogen) atoms. The molecular weight excluding hydrogens is 330 g/mol. The lowest BCUT2D eigenvalue weighted by atomic mass is 9.84. The number of aromatic nitrogens is 1. The maximum atomic E-state index is 6.16. The summed E-state index contributed by atoms with van der Waals surface area (Å²) in [7, 11) is 0. The predicted octanol–water partition coefficient (Wildman–Crippen LogP) is 6.43. The van der Waals surface area contributed by atoms with E-state index in [4.69, 9.17) is 4.74 Å². The van der Waals surface area contributed by atoms with E-state index >= 15 is 0 Å². The van der Waals surface area contributed by atoms with Gasteiger partial charge in [0.1, 0.15) is 12.4 Å². The molecule has 0 atom stereocenters. The number of hydrogen-bond donors (Lipinski definition) is 0. The topological polar surface area (TPSA) is 22.1 Å². The van der Waals surface area contributed by atoms with Gasteiger partial charge in [-0.25, -0.2) is 0 Å². The highest BCUT2D eigenvalue weighted by Crippen LogP contribution is 2.33. The molecule has 0 amide bonds. The van der Waals surface area contributed by atoms with E-state index in [0.717, 1.165) is 34.0 Å². The van der Waals surface area contributed by atoms with Crippen LogP contribution in [0.25, 0.3) is 10.8 Å². The highest BCUT2D eigenvalue weighted by molar-refractivity contribution is 5.91. The van der Waals surface area contributed by atoms with Crippen LogP contribution in [0.15, 0.2) is 48.5 Å². The van der Waals surface area contributed by atoms with Crippen molar-refractivity contribution in [2.75, 3.05) is 0 Å². The number of benzene rings is 2. The van der Waals surface area contributed by atoms with Crippen LogP contribution in [0.3, 0.4) is 0 Å². The molecule has 1 aromatic heterocycles. The first-order valence-electron chi connectivity index (χ1n) is 10.1. The normalized spacial score (nSPS) is 15.2. The zero-order chi connectivity index (χ0) is 18.6. The fourth-order valence-corrected chi connectivity index (χ4v) is 4.30. The van der Waals surface area contributed by atoms with Gasteiger partial charge in [-0.1, -0.05) is 74.6 Å². The van der Waals surface area contributed by atoms with Crippen LogP contribution in [0, 0.1) is 19.8 Å². The average molecular weight is 359 g/mol. The van der Waals surface area contributed by atoms with Crippen LogP contribution in [0.4, 0.5) is 0 Å². The number of hydrogen-bond acceptors (Lipinski definition) is 2. The number of rotatable bonds is 5. The van der Waals surface area contributed by atoms with Gasteiger partial charge in [0.25, 0.3) is 0 Å². The van der Waals surface area contributed by atoms with Crippen LogP contribution in [0.1, 0.15) is 54.6 Å². The Morgan fingerprint density at radius 2 is 1.74 bits per heavy atom. The first-order chi connectivity index (χ1) is 13.2. The Balaban J connectivity index is 1.61. The molecule has 2 heteroatoms. The largest absolute Gasteiger partial charge is 0.486 e. The van der Waals surface area contributed by atoms with Crippen LogP contribution < -0.4 is 4.74 Å². The second-order valence-corrected chi connectivity index (χ2v) is 7.84. The van der Waals surface area contributed by atoms with E-state index < -0.39 is 0 Å². The Morgan fingerprint density at radius 3 is 2.52 bits per heavy atom. The highest BCUT2D eigenvalue weighted by Gasteiger charge is 2.16. The minimum atomic E-state index is 0.535. The zero-order valence-corrected chi connectivity index (χ0v) is 16.2.